The molecule has 0 fully saturated rings. The van der Waals surface area contributed by atoms with Crippen molar-refractivity contribution in [2.24, 2.45) is 5.73 Å². The quantitative estimate of drug-likeness (QED) is 0.898. The van der Waals surface area contributed by atoms with Crippen molar-refractivity contribution in [3.63, 3.8) is 0 Å². The summed E-state index contributed by atoms with van der Waals surface area (Å²) in [6.07, 6.45) is 1.66. The van der Waals surface area contributed by atoms with Gasteiger partial charge < -0.3 is 5.73 Å². The van der Waals surface area contributed by atoms with Crippen molar-refractivity contribution >= 4 is 11.6 Å². The van der Waals surface area contributed by atoms with Gasteiger partial charge in [0.2, 0.25) is 0 Å². The molecular formula is C14H14ClFN2. The first-order valence-corrected chi connectivity index (χ1v) is 5.97. The maximum atomic E-state index is 12.9. The molecule has 1 aromatic heterocycles. The van der Waals surface area contributed by atoms with E-state index < -0.39 is 5.54 Å². The molecule has 1 aromatic carbocycles. The lowest BCUT2D eigenvalue weighted by atomic mass is 9.95. The summed E-state index contributed by atoms with van der Waals surface area (Å²) < 4.78 is 12.9. The Balaban J connectivity index is 2.56. The van der Waals surface area contributed by atoms with Crippen molar-refractivity contribution in [1.29, 1.82) is 0 Å². The monoisotopic (exact) mass is 264 g/mol. The van der Waals surface area contributed by atoms with E-state index in [2.05, 4.69) is 4.98 Å². The molecule has 0 saturated carbocycles. The van der Waals surface area contributed by atoms with Gasteiger partial charge in [0.25, 0.3) is 0 Å². The van der Waals surface area contributed by atoms with Crippen LogP contribution in [0.1, 0.15) is 19.4 Å². The molecule has 0 aliphatic rings. The molecule has 94 valence electrons. The third-order valence-electron chi connectivity index (χ3n) is 2.70. The fourth-order valence-electron chi connectivity index (χ4n) is 1.75. The predicted octanol–water partition coefficient (Wildman–Crippen LogP) is 3.73. The first-order chi connectivity index (χ1) is 8.39. The minimum atomic E-state index is -0.547. The van der Waals surface area contributed by atoms with Gasteiger partial charge in [-0.15, -0.1) is 0 Å². The second-order valence-electron chi connectivity index (χ2n) is 4.75. The van der Waals surface area contributed by atoms with Crippen LogP contribution in [0.3, 0.4) is 0 Å². The number of aromatic nitrogens is 1. The van der Waals surface area contributed by atoms with E-state index in [9.17, 15) is 4.39 Å². The van der Waals surface area contributed by atoms with Crippen LogP contribution in [0.5, 0.6) is 0 Å². The molecule has 0 unspecified atom stereocenters. The Labute approximate surface area is 111 Å². The molecule has 0 spiro atoms. The van der Waals surface area contributed by atoms with Crippen LogP contribution in [-0.2, 0) is 5.54 Å². The van der Waals surface area contributed by atoms with Crippen molar-refractivity contribution in [2.45, 2.75) is 19.4 Å². The van der Waals surface area contributed by atoms with Crippen molar-refractivity contribution in [3.05, 3.63) is 52.9 Å². The molecule has 0 atom stereocenters. The zero-order valence-electron chi connectivity index (χ0n) is 10.2. The van der Waals surface area contributed by atoms with Crippen LogP contribution in [0.4, 0.5) is 4.39 Å². The van der Waals surface area contributed by atoms with Gasteiger partial charge in [0.1, 0.15) is 5.82 Å². The normalized spacial score (nSPS) is 11.6. The van der Waals surface area contributed by atoms with E-state index in [1.54, 1.807) is 24.4 Å². The molecule has 0 aliphatic carbocycles. The molecular weight excluding hydrogens is 251 g/mol. The minimum Gasteiger partial charge on any atom is -0.322 e. The first kappa shape index (κ1) is 13.0. The predicted molar refractivity (Wildman–Crippen MR) is 71.9 cm³/mol. The Morgan fingerprint density at radius 2 is 1.78 bits per heavy atom. The molecule has 0 amide bonds. The highest BCUT2D eigenvalue weighted by molar-refractivity contribution is 6.33. The summed E-state index contributed by atoms with van der Waals surface area (Å²) in [6, 6.07) is 7.87. The minimum absolute atomic E-state index is 0.287. The van der Waals surface area contributed by atoms with Crippen molar-refractivity contribution in [3.8, 4) is 11.3 Å². The van der Waals surface area contributed by atoms with Gasteiger partial charge in [0, 0.05) is 17.3 Å². The van der Waals surface area contributed by atoms with Gasteiger partial charge in [-0.1, -0.05) is 11.6 Å². The Morgan fingerprint density at radius 1 is 1.17 bits per heavy atom. The standard InChI is InChI=1S/C14H14ClFN2/c1-14(2,17)11-7-8-18-13(12(11)15)9-3-5-10(16)6-4-9/h3-8H,17H2,1-2H3. The SMILES string of the molecule is CC(C)(N)c1ccnc(-c2ccc(F)cc2)c1Cl. The summed E-state index contributed by atoms with van der Waals surface area (Å²) in [5.41, 5.74) is 7.72. The second-order valence-corrected chi connectivity index (χ2v) is 5.13. The Morgan fingerprint density at radius 3 is 2.33 bits per heavy atom. The van der Waals surface area contributed by atoms with E-state index in [4.69, 9.17) is 17.3 Å². The molecule has 2 nitrogen and oxygen atoms in total. The number of nitrogens with two attached hydrogens (primary N) is 1. The second kappa shape index (κ2) is 4.67. The number of nitrogens with zero attached hydrogens (tertiary/aromatic N) is 1. The van der Waals surface area contributed by atoms with Crippen LogP contribution < -0.4 is 5.73 Å². The highest BCUT2D eigenvalue weighted by Gasteiger charge is 2.20. The van der Waals surface area contributed by atoms with Crippen LogP contribution in [0.15, 0.2) is 36.5 Å². The molecule has 2 rings (SSSR count). The zero-order chi connectivity index (χ0) is 13.3. The van der Waals surface area contributed by atoms with Crippen LogP contribution in [-0.4, -0.2) is 4.98 Å². The van der Waals surface area contributed by atoms with E-state index >= 15 is 0 Å². The lowest BCUT2D eigenvalue weighted by molar-refractivity contribution is 0.554. The highest BCUT2D eigenvalue weighted by atomic mass is 35.5. The molecule has 0 saturated heterocycles. The average molecular weight is 265 g/mol. The van der Waals surface area contributed by atoms with Crippen LogP contribution >= 0.6 is 11.6 Å². The zero-order valence-corrected chi connectivity index (χ0v) is 11.0. The number of rotatable bonds is 2. The topological polar surface area (TPSA) is 38.9 Å². The summed E-state index contributed by atoms with van der Waals surface area (Å²) in [6.45, 7) is 3.76. The lowest BCUT2D eigenvalue weighted by Gasteiger charge is -2.21. The third kappa shape index (κ3) is 2.52. The van der Waals surface area contributed by atoms with E-state index in [0.29, 0.717) is 10.7 Å². The summed E-state index contributed by atoms with van der Waals surface area (Å²) in [7, 11) is 0. The molecule has 1 heterocycles. The van der Waals surface area contributed by atoms with Gasteiger partial charge in [-0.3, -0.25) is 4.98 Å². The number of halogens is 2. The molecule has 2 N–H and O–H groups in total. The lowest BCUT2D eigenvalue weighted by Crippen LogP contribution is -2.29. The Bertz CT molecular complexity index is 559. The van der Waals surface area contributed by atoms with Crippen molar-refractivity contribution in [2.75, 3.05) is 0 Å². The van der Waals surface area contributed by atoms with E-state index in [1.807, 2.05) is 13.8 Å². The largest absolute Gasteiger partial charge is 0.322 e. The van der Waals surface area contributed by atoms with Gasteiger partial charge in [0.15, 0.2) is 0 Å². The summed E-state index contributed by atoms with van der Waals surface area (Å²) in [5, 5.41) is 0.511. The number of hydrogen-bond donors (Lipinski definition) is 1. The summed E-state index contributed by atoms with van der Waals surface area (Å²) >= 11 is 6.33. The van der Waals surface area contributed by atoms with Gasteiger partial charge in [0.05, 0.1) is 10.7 Å². The summed E-state index contributed by atoms with van der Waals surface area (Å²) in [4.78, 5) is 4.24. The van der Waals surface area contributed by atoms with E-state index in [-0.39, 0.29) is 5.82 Å². The van der Waals surface area contributed by atoms with Gasteiger partial charge in [-0.25, -0.2) is 4.39 Å². The van der Waals surface area contributed by atoms with E-state index in [0.717, 1.165) is 11.1 Å². The highest BCUT2D eigenvalue weighted by Crippen LogP contribution is 2.33. The first-order valence-electron chi connectivity index (χ1n) is 5.59. The van der Waals surface area contributed by atoms with Crippen LogP contribution in [0.25, 0.3) is 11.3 Å². The van der Waals surface area contributed by atoms with Gasteiger partial charge in [-0.2, -0.15) is 0 Å². The Hall–Kier alpha value is -1.45. The number of hydrogen-bond acceptors (Lipinski definition) is 2. The number of benzene rings is 1. The fourth-order valence-corrected chi connectivity index (χ4v) is 2.21. The van der Waals surface area contributed by atoms with Gasteiger partial charge in [-0.05, 0) is 49.7 Å². The molecule has 0 bridgehead atoms. The Kier molecular flexibility index (Phi) is 3.37. The molecule has 0 aliphatic heterocycles. The number of pyridine rings is 1. The average Bonchev–Trinajstić information content (AvgIpc) is 2.29. The van der Waals surface area contributed by atoms with E-state index in [1.165, 1.54) is 12.1 Å². The molecule has 2 aromatic rings. The van der Waals surface area contributed by atoms with Crippen LogP contribution in [0, 0.1) is 5.82 Å². The summed E-state index contributed by atoms with van der Waals surface area (Å²) in [5.74, 6) is -0.287. The third-order valence-corrected chi connectivity index (χ3v) is 3.08. The van der Waals surface area contributed by atoms with Crippen LogP contribution in [0.2, 0.25) is 5.02 Å². The van der Waals surface area contributed by atoms with Gasteiger partial charge >= 0.3 is 0 Å². The maximum Gasteiger partial charge on any atom is 0.123 e. The maximum absolute atomic E-state index is 12.9. The van der Waals surface area contributed by atoms with Crippen molar-refractivity contribution < 1.29 is 4.39 Å². The molecule has 4 heteroatoms. The molecule has 18 heavy (non-hydrogen) atoms. The fraction of sp³-hybridized carbons (Fsp3) is 0.214. The molecule has 0 radical (unpaired) electrons. The van der Waals surface area contributed by atoms with Crippen molar-refractivity contribution in [1.82, 2.24) is 4.98 Å². The smallest absolute Gasteiger partial charge is 0.123 e.